The fourth-order valence-corrected chi connectivity index (χ4v) is 0.735. The molecule has 1 heterocycles. The largest absolute Gasteiger partial charge is 0.335 e. The van der Waals surface area contributed by atoms with Gasteiger partial charge < -0.3 is 5.32 Å². The van der Waals surface area contributed by atoms with Gasteiger partial charge in [-0.05, 0) is 19.0 Å². The quantitative estimate of drug-likeness (QED) is 0.692. The van der Waals surface area contributed by atoms with Crippen LogP contribution in [0.5, 0.6) is 0 Å². The minimum Gasteiger partial charge on any atom is -0.335 e. The highest BCUT2D eigenvalue weighted by Gasteiger charge is 2.16. The smallest absolute Gasteiger partial charge is 0.276 e. The molecule has 0 fully saturated rings. The number of amides is 1. The zero-order valence-electron chi connectivity index (χ0n) is 7.24. The summed E-state index contributed by atoms with van der Waals surface area (Å²) in [6.45, 7) is 3.17. The number of rotatable bonds is 2. The van der Waals surface area contributed by atoms with Crippen LogP contribution in [0.3, 0.4) is 0 Å². The topological polar surface area (TPSA) is 91.8 Å². The zero-order chi connectivity index (χ0) is 9.84. The van der Waals surface area contributed by atoms with Crippen molar-refractivity contribution in [2.45, 2.75) is 19.9 Å². The van der Waals surface area contributed by atoms with Gasteiger partial charge in [-0.1, -0.05) is 5.16 Å². The highest BCUT2D eigenvalue weighted by Crippen LogP contribution is 1.99. The minimum absolute atomic E-state index is 0.113. The summed E-state index contributed by atoms with van der Waals surface area (Å²) in [7, 11) is 0. The number of aromatic nitrogens is 2. The maximum atomic E-state index is 11.3. The number of nitrogens with one attached hydrogen (secondary N) is 1. The molecular weight excluding hydrogens is 172 g/mol. The summed E-state index contributed by atoms with van der Waals surface area (Å²) in [5.41, 5.74) is 0.518. The van der Waals surface area contributed by atoms with E-state index in [9.17, 15) is 4.79 Å². The highest BCUT2D eigenvalue weighted by molar-refractivity contribution is 5.93. The molecule has 0 aromatic carbocycles. The molecule has 0 bridgehead atoms. The van der Waals surface area contributed by atoms with Crippen LogP contribution < -0.4 is 5.32 Å². The molecule has 1 rings (SSSR count). The van der Waals surface area contributed by atoms with Gasteiger partial charge in [0.05, 0.1) is 6.07 Å². The molecule has 1 aromatic rings. The number of hydrogen-bond acceptors (Lipinski definition) is 5. The van der Waals surface area contributed by atoms with E-state index in [-0.39, 0.29) is 5.69 Å². The van der Waals surface area contributed by atoms with Crippen molar-refractivity contribution >= 4 is 5.91 Å². The summed E-state index contributed by atoms with van der Waals surface area (Å²) in [5.74, 6) is -0.451. The fourth-order valence-electron chi connectivity index (χ4n) is 0.735. The van der Waals surface area contributed by atoms with Gasteiger partial charge in [-0.25, -0.2) is 4.63 Å². The number of carbonyl (C=O) groups is 1. The van der Waals surface area contributed by atoms with Crippen molar-refractivity contribution in [1.82, 2.24) is 15.6 Å². The van der Waals surface area contributed by atoms with Crippen LogP contribution in [0.4, 0.5) is 0 Å². The molecule has 68 valence electrons. The molecule has 1 atom stereocenters. The van der Waals surface area contributed by atoms with Crippen molar-refractivity contribution in [2.24, 2.45) is 0 Å². The van der Waals surface area contributed by atoms with Crippen LogP contribution >= 0.6 is 0 Å². The van der Waals surface area contributed by atoms with Crippen molar-refractivity contribution in [3.8, 4) is 6.07 Å². The lowest BCUT2D eigenvalue weighted by molar-refractivity contribution is 0.0937. The van der Waals surface area contributed by atoms with Gasteiger partial charge in [-0.3, -0.25) is 4.79 Å². The average molecular weight is 180 g/mol. The first kappa shape index (κ1) is 9.19. The van der Waals surface area contributed by atoms with Crippen LogP contribution in [-0.4, -0.2) is 22.3 Å². The van der Waals surface area contributed by atoms with E-state index >= 15 is 0 Å². The first-order valence-corrected chi connectivity index (χ1v) is 3.64. The highest BCUT2D eigenvalue weighted by atomic mass is 16.6. The van der Waals surface area contributed by atoms with Crippen molar-refractivity contribution in [3.05, 3.63) is 11.4 Å². The Hall–Kier alpha value is -1.90. The van der Waals surface area contributed by atoms with Gasteiger partial charge in [0.15, 0.2) is 5.69 Å². The Balaban J connectivity index is 2.71. The van der Waals surface area contributed by atoms with Crippen LogP contribution in [0.1, 0.15) is 23.1 Å². The Bertz CT molecular complexity index is 352. The Morgan fingerprint density at radius 3 is 2.85 bits per heavy atom. The summed E-state index contributed by atoms with van der Waals surface area (Å²) in [4.78, 5) is 11.3. The Kier molecular flexibility index (Phi) is 2.59. The standard InChI is InChI=1S/C7H8N4O2/c1-4(3-8)9-7(12)6-5(2)10-13-11-6/h4H,1-2H3,(H,9,12)/t4-/m1/s1. The summed E-state index contributed by atoms with van der Waals surface area (Å²) < 4.78 is 4.34. The molecule has 6 nitrogen and oxygen atoms in total. The lowest BCUT2D eigenvalue weighted by Gasteiger charge is -2.02. The maximum absolute atomic E-state index is 11.3. The second kappa shape index (κ2) is 3.67. The molecule has 0 aliphatic rings. The first-order chi connectivity index (χ1) is 6.15. The van der Waals surface area contributed by atoms with Crippen LogP contribution in [0, 0.1) is 18.3 Å². The molecule has 6 heteroatoms. The number of nitrogens with zero attached hydrogens (tertiary/aromatic N) is 3. The number of carbonyl (C=O) groups excluding carboxylic acids is 1. The van der Waals surface area contributed by atoms with Crippen LogP contribution in [0.2, 0.25) is 0 Å². The van der Waals surface area contributed by atoms with Gasteiger partial charge >= 0.3 is 0 Å². The van der Waals surface area contributed by atoms with E-state index in [1.54, 1.807) is 13.8 Å². The van der Waals surface area contributed by atoms with Gasteiger partial charge in [-0.2, -0.15) is 5.26 Å². The average Bonchev–Trinajstić information content (AvgIpc) is 2.51. The second-order valence-corrected chi connectivity index (χ2v) is 2.52. The Labute approximate surface area is 74.5 Å². The summed E-state index contributed by atoms with van der Waals surface area (Å²) in [6, 6.07) is 1.31. The van der Waals surface area contributed by atoms with E-state index in [0.717, 1.165) is 0 Å². The predicted molar refractivity (Wildman–Crippen MR) is 41.6 cm³/mol. The van der Waals surface area contributed by atoms with E-state index < -0.39 is 11.9 Å². The summed E-state index contributed by atoms with van der Waals surface area (Å²) in [6.07, 6.45) is 0. The third kappa shape index (κ3) is 2.02. The van der Waals surface area contributed by atoms with Gasteiger partial charge in [0, 0.05) is 0 Å². The van der Waals surface area contributed by atoms with Gasteiger partial charge in [0.1, 0.15) is 11.7 Å². The van der Waals surface area contributed by atoms with E-state index in [1.165, 1.54) is 0 Å². The molecule has 0 spiro atoms. The normalized spacial score (nSPS) is 11.8. The molecule has 13 heavy (non-hydrogen) atoms. The van der Waals surface area contributed by atoms with E-state index in [1.807, 2.05) is 6.07 Å². The SMILES string of the molecule is Cc1nonc1C(=O)N[C@H](C)C#N. The van der Waals surface area contributed by atoms with E-state index in [0.29, 0.717) is 5.69 Å². The number of hydrogen-bond donors (Lipinski definition) is 1. The minimum atomic E-state index is -0.552. The van der Waals surface area contributed by atoms with E-state index in [4.69, 9.17) is 5.26 Å². The monoisotopic (exact) mass is 180 g/mol. The zero-order valence-corrected chi connectivity index (χ0v) is 7.24. The van der Waals surface area contributed by atoms with Gasteiger partial charge in [0.2, 0.25) is 0 Å². The lowest BCUT2D eigenvalue weighted by atomic mass is 10.3. The van der Waals surface area contributed by atoms with Crippen molar-refractivity contribution in [3.63, 3.8) is 0 Å². The van der Waals surface area contributed by atoms with Crippen molar-refractivity contribution < 1.29 is 9.42 Å². The Morgan fingerprint density at radius 1 is 1.69 bits per heavy atom. The molecule has 0 radical (unpaired) electrons. The third-order valence-electron chi connectivity index (χ3n) is 1.41. The third-order valence-corrected chi connectivity index (χ3v) is 1.41. The molecule has 0 aliphatic heterocycles. The molecule has 1 amide bonds. The van der Waals surface area contributed by atoms with E-state index in [2.05, 4.69) is 20.3 Å². The molecule has 1 aromatic heterocycles. The molecular formula is C7H8N4O2. The molecule has 0 saturated heterocycles. The van der Waals surface area contributed by atoms with Gasteiger partial charge in [-0.15, -0.1) is 0 Å². The van der Waals surface area contributed by atoms with Crippen LogP contribution in [-0.2, 0) is 0 Å². The first-order valence-electron chi connectivity index (χ1n) is 3.64. The Morgan fingerprint density at radius 2 is 2.38 bits per heavy atom. The lowest BCUT2D eigenvalue weighted by Crippen LogP contribution is -2.31. The van der Waals surface area contributed by atoms with Crippen molar-refractivity contribution in [1.29, 1.82) is 5.26 Å². The summed E-state index contributed by atoms with van der Waals surface area (Å²) in [5, 5.41) is 17.7. The van der Waals surface area contributed by atoms with Crippen LogP contribution in [0.15, 0.2) is 4.63 Å². The maximum Gasteiger partial charge on any atom is 0.276 e. The predicted octanol–water partition coefficient (Wildman–Crippen LogP) is 0.0199. The molecule has 0 aliphatic carbocycles. The second-order valence-electron chi connectivity index (χ2n) is 2.52. The fraction of sp³-hybridized carbons (Fsp3) is 0.429. The van der Waals surface area contributed by atoms with Crippen LogP contribution in [0.25, 0.3) is 0 Å². The molecule has 0 saturated carbocycles. The van der Waals surface area contributed by atoms with Crippen molar-refractivity contribution in [2.75, 3.05) is 0 Å². The number of aryl methyl sites for hydroxylation is 1. The summed E-state index contributed by atoms with van der Waals surface area (Å²) >= 11 is 0. The molecule has 0 unspecified atom stereocenters. The van der Waals surface area contributed by atoms with Gasteiger partial charge in [0.25, 0.3) is 5.91 Å². The number of nitriles is 1. The molecule has 1 N–H and O–H groups in total.